The van der Waals surface area contributed by atoms with E-state index in [2.05, 4.69) is 9.97 Å². The highest BCUT2D eigenvalue weighted by Gasteiger charge is 2.00. The van der Waals surface area contributed by atoms with Gasteiger partial charge in [-0.25, -0.2) is 4.98 Å². The monoisotopic (exact) mass is 248 g/mol. The Labute approximate surface area is 102 Å². The molecule has 0 unspecified atom stereocenters. The molecule has 0 aliphatic heterocycles. The first-order valence-electron chi connectivity index (χ1n) is 4.87. The summed E-state index contributed by atoms with van der Waals surface area (Å²) >= 11 is 5.74. The Morgan fingerprint density at radius 3 is 2.65 bits per heavy atom. The van der Waals surface area contributed by atoms with E-state index in [9.17, 15) is 9.90 Å². The fourth-order valence-corrected chi connectivity index (χ4v) is 1.42. The van der Waals surface area contributed by atoms with Crippen molar-refractivity contribution in [3.63, 3.8) is 0 Å². The van der Waals surface area contributed by atoms with Crippen molar-refractivity contribution in [2.45, 2.75) is 0 Å². The molecule has 0 saturated carbocycles. The average Bonchev–Trinajstić information content (AvgIpc) is 2.29. The zero-order chi connectivity index (χ0) is 12.3. The number of H-pyrrole nitrogens is 1. The van der Waals surface area contributed by atoms with E-state index in [1.807, 2.05) is 0 Å². The lowest BCUT2D eigenvalue weighted by molar-refractivity contribution is 0.515. The molecule has 1 aromatic heterocycles. The Kier molecular flexibility index (Phi) is 3.25. The average molecular weight is 249 g/mol. The molecule has 2 rings (SSSR count). The van der Waals surface area contributed by atoms with Gasteiger partial charge in [0.25, 0.3) is 5.56 Å². The minimum atomic E-state index is -0.268. The molecule has 0 amide bonds. The molecule has 0 aliphatic rings. The molecule has 1 aromatic carbocycles. The number of nitrogens with zero attached hydrogens (tertiary/aromatic N) is 1. The lowest BCUT2D eigenvalue weighted by Gasteiger charge is -2.00. The third kappa shape index (κ3) is 2.95. The minimum absolute atomic E-state index is 0.0102. The summed E-state index contributed by atoms with van der Waals surface area (Å²) in [6.45, 7) is 0. The third-order valence-electron chi connectivity index (χ3n) is 2.10. The number of halogens is 1. The molecule has 0 saturated heterocycles. The van der Waals surface area contributed by atoms with Crippen LogP contribution in [-0.4, -0.2) is 15.1 Å². The van der Waals surface area contributed by atoms with Gasteiger partial charge in [-0.2, -0.15) is 0 Å². The van der Waals surface area contributed by atoms with Gasteiger partial charge >= 0.3 is 0 Å². The smallest absolute Gasteiger partial charge is 0.251 e. The maximum absolute atomic E-state index is 11.0. The summed E-state index contributed by atoms with van der Waals surface area (Å²) in [5, 5.41) is 10.4. The standard InChI is InChI=1S/C12H9ClN2O2/c13-9-3-1-8(2-4-9)10(16)7-11-14-6-5-12(17)15-11/h1-7,16H,(H,14,15,17)/b10-7-. The summed E-state index contributed by atoms with van der Waals surface area (Å²) < 4.78 is 0. The van der Waals surface area contributed by atoms with Gasteiger partial charge in [0.2, 0.25) is 0 Å². The van der Waals surface area contributed by atoms with E-state index in [1.165, 1.54) is 18.3 Å². The van der Waals surface area contributed by atoms with Gasteiger partial charge in [0.15, 0.2) is 0 Å². The van der Waals surface area contributed by atoms with Crippen molar-refractivity contribution in [1.29, 1.82) is 0 Å². The molecule has 17 heavy (non-hydrogen) atoms. The van der Waals surface area contributed by atoms with E-state index in [4.69, 9.17) is 11.6 Å². The third-order valence-corrected chi connectivity index (χ3v) is 2.36. The number of nitrogens with one attached hydrogen (secondary N) is 1. The molecule has 0 fully saturated rings. The van der Waals surface area contributed by atoms with Crippen molar-refractivity contribution < 1.29 is 5.11 Å². The van der Waals surface area contributed by atoms with E-state index in [-0.39, 0.29) is 11.3 Å². The van der Waals surface area contributed by atoms with E-state index >= 15 is 0 Å². The summed E-state index contributed by atoms with van der Waals surface area (Å²) in [7, 11) is 0. The SMILES string of the molecule is O=c1ccnc(/C=C(\O)c2ccc(Cl)cc2)[nH]1. The molecule has 5 heteroatoms. The fourth-order valence-electron chi connectivity index (χ4n) is 1.29. The van der Waals surface area contributed by atoms with Gasteiger partial charge in [0.05, 0.1) is 0 Å². The molecule has 0 bridgehead atoms. The number of aliphatic hydroxyl groups is 1. The van der Waals surface area contributed by atoms with Crippen LogP contribution in [0, 0.1) is 0 Å². The molecule has 0 aliphatic carbocycles. The number of rotatable bonds is 2. The van der Waals surface area contributed by atoms with Crippen molar-refractivity contribution in [2.24, 2.45) is 0 Å². The van der Waals surface area contributed by atoms with Crippen molar-refractivity contribution in [3.8, 4) is 0 Å². The second-order valence-electron chi connectivity index (χ2n) is 3.36. The summed E-state index contributed by atoms with van der Waals surface area (Å²) in [4.78, 5) is 17.4. The van der Waals surface area contributed by atoms with Gasteiger partial charge in [-0.3, -0.25) is 4.79 Å². The lowest BCUT2D eigenvalue weighted by Crippen LogP contribution is -2.06. The Bertz CT molecular complexity index is 602. The van der Waals surface area contributed by atoms with E-state index in [0.717, 1.165) is 0 Å². The minimum Gasteiger partial charge on any atom is -0.507 e. The van der Waals surface area contributed by atoms with Crippen LogP contribution >= 0.6 is 11.6 Å². The normalized spacial score (nSPS) is 11.5. The topological polar surface area (TPSA) is 66.0 Å². The number of hydrogen-bond acceptors (Lipinski definition) is 3. The van der Waals surface area contributed by atoms with Crippen LogP contribution in [0.3, 0.4) is 0 Å². The Balaban J connectivity index is 2.34. The molecular weight excluding hydrogens is 240 g/mol. The fraction of sp³-hybridized carbons (Fsp3) is 0. The van der Waals surface area contributed by atoms with Gasteiger partial charge in [-0.1, -0.05) is 11.6 Å². The second kappa shape index (κ2) is 4.84. The predicted octanol–water partition coefficient (Wildman–Crippen LogP) is 2.48. The van der Waals surface area contributed by atoms with Crippen LogP contribution in [0.4, 0.5) is 0 Å². The molecule has 0 spiro atoms. The Hall–Kier alpha value is -2.07. The Morgan fingerprint density at radius 2 is 2.00 bits per heavy atom. The summed E-state index contributed by atoms with van der Waals surface area (Å²) in [5.74, 6) is 0.306. The lowest BCUT2D eigenvalue weighted by atomic mass is 10.2. The van der Waals surface area contributed by atoms with Crippen molar-refractivity contribution in [1.82, 2.24) is 9.97 Å². The zero-order valence-electron chi connectivity index (χ0n) is 8.72. The van der Waals surface area contributed by atoms with Crippen LogP contribution in [0.15, 0.2) is 41.3 Å². The molecule has 0 atom stereocenters. The molecule has 2 aromatic rings. The summed E-state index contributed by atoms with van der Waals surface area (Å²) in [6, 6.07) is 7.99. The quantitative estimate of drug-likeness (QED) is 0.803. The number of aromatic amines is 1. The highest BCUT2D eigenvalue weighted by atomic mass is 35.5. The molecule has 2 N–H and O–H groups in total. The summed E-state index contributed by atoms with van der Waals surface area (Å²) in [5.41, 5.74) is 0.330. The first-order chi connectivity index (χ1) is 8.15. The van der Waals surface area contributed by atoms with Gasteiger partial charge in [-0.15, -0.1) is 0 Å². The van der Waals surface area contributed by atoms with Crippen LogP contribution in [-0.2, 0) is 0 Å². The highest BCUT2D eigenvalue weighted by Crippen LogP contribution is 2.16. The highest BCUT2D eigenvalue weighted by molar-refractivity contribution is 6.30. The van der Waals surface area contributed by atoms with E-state index in [0.29, 0.717) is 16.4 Å². The first-order valence-corrected chi connectivity index (χ1v) is 5.25. The predicted molar refractivity (Wildman–Crippen MR) is 66.8 cm³/mol. The van der Waals surface area contributed by atoms with Gasteiger partial charge in [0, 0.05) is 28.9 Å². The zero-order valence-corrected chi connectivity index (χ0v) is 9.48. The van der Waals surface area contributed by atoms with E-state index < -0.39 is 0 Å². The first kappa shape index (κ1) is 11.4. The molecular formula is C12H9ClN2O2. The maximum Gasteiger partial charge on any atom is 0.251 e. The summed E-state index contributed by atoms with van der Waals surface area (Å²) in [6.07, 6.45) is 2.75. The van der Waals surface area contributed by atoms with Crippen molar-refractivity contribution in [2.75, 3.05) is 0 Å². The van der Waals surface area contributed by atoms with E-state index in [1.54, 1.807) is 24.3 Å². The second-order valence-corrected chi connectivity index (χ2v) is 3.79. The molecule has 86 valence electrons. The number of benzene rings is 1. The number of aromatic nitrogens is 2. The van der Waals surface area contributed by atoms with Gasteiger partial charge in [0.1, 0.15) is 11.6 Å². The number of aliphatic hydroxyl groups excluding tert-OH is 1. The molecule has 1 heterocycles. The van der Waals surface area contributed by atoms with Crippen molar-refractivity contribution >= 4 is 23.4 Å². The van der Waals surface area contributed by atoms with Crippen molar-refractivity contribution in [3.05, 3.63) is 63.3 Å². The largest absolute Gasteiger partial charge is 0.507 e. The Morgan fingerprint density at radius 1 is 1.29 bits per heavy atom. The molecule has 0 radical (unpaired) electrons. The van der Waals surface area contributed by atoms with Gasteiger partial charge < -0.3 is 10.1 Å². The molecule has 4 nitrogen and oxygen atoms in total. The maximum atomic E-state index is 11.0. The van der Waals surface area contributed by atoms with Gasteiger partial charge in [-0.05, 0) is 24.3 Å². The van der Waals surface area contributed by atoms with Crippen LogP contribution in [0.2, 0.25) is 5.02 Å². The van der Waals surface area contributed by atoms with Crippen LogP contribution < -0.4 is 5.56 Å². The van der Waals surface area contributed by atoms with Crippen LogP contribution in [0.25, 0.3) is 11.8 Å². The van der Waals surface area contributed by atoms with Crippen LogP contribution in [0.5, 0.6) is 0 Å². The number of hydrogen-bond donors (Lipinski definition) is 2. The van der Waals surface area contributed by atoms with Crippen LogP contribution in [0.1, 0.15) is 11.4 Å².